The number of hydrogen-bond donors (Lipinski definition) is 0. The van der Waals surface area contributed by atoms with Crippen molar-refractivity contribution in [2.45, 2.75) is 6.92 Å². The van der Waals surface area contributed by atoms with Crippen LogP contribution < -0.4 is 10.4 Å². The summed E-state index contributed by atoms with van der Waals surface area (Å²) in [6.07, 6.45) is 0.574. The summed E-state index contributed by atoms with van der Waals surface area (Å²) in [5.41, 5.74) is -0.177. The highest BCUT2D eigenvalue weighted by molar-refractivity contribution is 5.95. The highest BCUT2D eigenvalue weighted by Crippen LogP contribution is 2.21. The van der Waals surface area contributed by atoms with Crippen LogP contribution in [0.1, 0.15) is 17.3 Å². The fourth-order valence-electron chi connectivity index (χ4n) is 1.50. The van der Waals surface area contributed by atoms with Crippen LogP contribution in [0.2, 0.25) is 0 Å². The highest BCUT2D eigenvalue weighted by Gasteiger charge is 2.07. The Morgan fingerprint density at radius 2 is 2.12 bits per heavy atom. The molecule has 0 saturated heterocycles. The average molecular weight is 232 g/mol. The van der Waals surface area contributed by atoms with Gasteiger partial charge in [0.25, 0.3) is 0 Å². The summed E-state index contributed by atoms with van der Waals surface area (Å²) in [6.45, 7) is 1.27. The van der Waals surface area contributed by atoms with Gasteiger partial charge in [-0.15, -0.1) is 0 Å². The standard InChI is InChI=1S/C12H8O5/c1-7(14)16-9-2-3-10-8(6-13)4-12(15)17-11(10)5-9/h2-6H,1H3. The van der Waals surface area contributed by atoms with Crippen LogP contribution in [-0.2, 0) is 4.79 Å². The van der Waals surface area contributed by atoms with Gasteiger partial charge in [0.05, 0.1) is 0 Å². The molecule has 17 heavy (non-hydrogen) atoms. The molecule has 0 bridgehead atoms. The molecule has 0 radical (unpaired) electrons. The number of hydrogen-bond acceptors (Lipinski definition) is 5. The Balaban J connectivity index is 2.65. The predicted molar refractivity (Wildman–Crippen MR) is 59.2 cm³/mol. The first kappa shape index (κ1) is 11.1. The van der Waals surface area contributed by atoms with E-state index in [4.69, 9.17) is 9.15 Å². The van der Waals surface area contributed by atoms with E-state index in [0.717, 1.165) is 6.07 Å². The molecule has 1 heterocycles. The summed E-state index contributed by atoms with van der Waals surface area (Å²) in [5, 5.41) is 0.496. The van der Waals surface area contributed by atoms with Crippen molar-refractivity contribution in [2.75, 3.05) is 0 Å². The minimum atomic E-state index is -0.625. The van der Waals surface area contributed by atoms with Crippen molar-refractivity contribution in [3.8, 4) is 5.75 Å². The number of carbonyl (C=O) groups is 2. The van der Waals surface area contributed by atoms with Crippen molar-refractivity contribution in [2.24, 2.45) is 0 Å². The van der Waals surface area contributed by atoms with Crippen molar-refractivity contribution in [3.63, 3.8) is 0 Å². The van der Waals surface area contributed by atoms with E-state index in [1.165, 1.54) is 19.1 Å². The number of rotatable bonds is 2. The number of benzene rings is 1. The quantitative estimate of drug-likeness (QED) is 0.340. The second-order valence-corrected chi connectivity index (χ2v) is 3.39. The lowest BCUT2D eigenvalue weighted by atomic mass is 10.1. The first-order chi connectivity index (χ1) is 8.10. The molecule has 0 unspecified atom stereocenters. The van der Waals surface area contributed by atoms with E-state index in [9.17, 15) is 14.4 Å². The van der Waals surface area contributed by atoms with Gasteiger partial charge in [0.1, 0.15) is 11.3 Å². The van der Waals surface area contributed by atoms with E-state index in [0.29, 0.717) is 11.7 Å². The molecule has 5 nitrogen and oxygen atoms in total. The van der Waals surface area contributed by atoms with E-state index in [2.05, 4.69) is 0 Å². The molecule has 2 rings (SSSR count). The smallest absolute Gasteiger partial charge is 0.336 e. The Morgan fingerprint density at radius 1 is 1.35 bits per heavy atom. The van der Waals surface area contributed by atoms with Crippen molar-refractivity contribution in [1.82, 2.24) is 0 Å². The van der Waals surface area contributed by atoms with Gasteiger partial charge in [0.2, 0.25) is 0 Å². The SMILES string of the molecule is CC(=O)Oc1ccc2c(C=O)cc(=O)oc2c1. The van der Waals surface area contributed by atoms with E-state index < -0.39 is 11.6 Å². The predicted octanol–water partition coefficient (Wildman–Crippen LogP) is 1.53. The van der Waals surface area contributed by atoms with Crippen LogP contribution in [0.3, 0.4) is 0 Å². The topological polar surface area (TPSA) is 73.6 Å². The Labute approximate surface area is 95.6 Å². The van der Waals surface area contributed by atoms with E-state index in [-0.39, 0.29) is 16.9 Å². The van der Waals surface area contributed by atoms with Gasteiger partial charge < -0.3 is 9.15 Å². The molecule has 86 valence electrons. The highest BCUT2D eigenvalue weighted by atomic mass is 16.5. The second kappa shape index (κ2) is 4.21. The molecule has 0 spiro atoms. The van der Waals surface area contributed by atoms with Crippen LogP contribution in [0.15, 0.2) is 33.5 Å². The second-order valence-electron chi connectivity index (χ2n) is 3.39. The maximum absolute atomic E-state index is 11.2. The number of fused-ring (bicyclic) bond motifs is 1. The molecule has 0 amide bonds. The fourth-order valence-corrected chi connectivity index (χ4v) is 1.50. The zero-order chi connectivity index (χ0) is 12.4. The molecular formula is C12H8O5. The Morgan fingerprint density at radius 3 is 2.76 bits per heavy atom. The van der Waals surface area contributed by atoms with Gasteiger partial charge in [-0.2, -0.15) is 0 Å². The van der Waals surface area contributed by atoms with Crippen LogP contribution in [0.4, 0.5) is 0 Å². The summed E-state index contributed by atoms with van der Waals surface area (Å²) in [5.74, 6) is -0.213. The monoisotopic (exact) mass is 232 g/mol. The Kier molecular flexibility index (Phi) is 2.74. The van der Waals surface area contributed by atoms with E-state index in [1.807, 2.05) is 0 Å². The van der Waals surface area contributed by atoms with Gasteiger partial charge >= 0.3 is 11.6 Å². The van der Waals surface area contributed by atoms with Gasteiger partial charge in [-0.1, -0.05) is 0 Å². The molecular weight excluding hydrogens is 224 g/mol. The van der Waals surface area contributed by atoms with Crippen LogP contribution >= 0.6 is 0 Å². The molecule has 5 heteroatoms. The van der Waals surface area contributed by atoms with Crippen molar-refractivity contribution >= 4 is 23.2 Å². The Hall–Kier alpha value is -2.43. The van der Waals surface area contributed by atoms with Crippen LogP contribution in [0.25, 0.3) is 11.0 Å². The molecule has 0 aliphatic heterocycles. The third-order valence-corrected chi connectivity index (χ3v) is 2.14. The molecule has 1 aromatic heterocycles. The minimum absolute atomic E-state index is 0.207. The van der Waals surface area contributed by atoms with Crippen molar-refractivity contribution in [3.05, 3.63) is 40.2 Å². The molecule has 0 aliphatic carbocycles. The van der Waals surface area contributed by atoms with E-state index in [1.54, 1.807) is 6.07 Å². The number of carbonyl (C=O) groups excluding carboxylic acids is 2. The molecule has 0 aliphatic rings. The van der Waals surface area contributed by atoms with Gasteiger partial charge in [0, 0.05) is 30.0 Å². The van der Waals surface area contributed by atoms with Gasteiger partial charge in [-0.3, -0.25) is 9.59 Å². The lowest BCUT2D eigenvalue weighted by Crippen LogP contribution is -2.03. The largest absolute Gasteiger partial charge is 0.427 e. The molecule has 0 atom stereocenters. The molecule has 2 aromatic rings. The van der Waals surface area contributed by atoms with Crippen molar-refractivity contribution < 1.29 is 18.7 Å². The summed E-state index contributed by atoms with van der Waals surface area (Å²) in [7, 11) is 0. The summed E-state index contributed by atoms with van der Waals surface area (Å²) < 4.78 is 9.77. The minimum Gasteiger partial charge on any atom is -0.427 e. The number of esters is 1. The fraction of sp³-hybridized carbons (Fsp3) is 0.0833. The summed E-state index contributed by atoms with van der Waals surface area (Å²) in [4.78, 5) is 32.7. The lowest BCUT2D eigenvalue weighted by molar-refractivity contribution is -0.131. The summed E-state index contributed by atoms with van der Waals surface area (Å²) >= 11 is 0. The average Bonchev–Trinajstić information content (AvgIpc) is 2.26. The third kappa shape index (κ3) is 2.23. The maximum atomic E-state index is 11.2. The summed E-state index contributed by atoms with van der Waals surface area (Å²) in [6, 6.07) is 5.59. The first-order valence-corrected chi connectivity index (χ1v) is 4.81. The van der Waals surface area contributed by atoms with E-state index >= 15 is 0 Å². The van der Waals surface area contributed by atoms with Crippen LogP contribution in [0, 0.1) is 0 Å². The molecule has 0 saturated carbocycles. The third-order valence-electron chi connectivity index (χ3n) is 2.14. The lowest BCUT2D eigenvalue weighted by Gasteiger charge is -2.03. The van der Waals surface area contributed by atoms with Gasteiger partial charge in [-0.05, 0) is 12.1 Å². The van der Waals surface area contributed by atoms with Gasteiger partial charge in [0.15, 0.2) is 6.29 Å². The first-order valence-electron chi connectivity index (χ1n) is 4.81. The maximum Gasteiger partial charge on any atom is 0.336 e. The molecule has 1 aromatic carbocycles. The van der Waals surface area contributed by atoms with Gasteiger partial charge in [-0.25, -0.2) is 4.79 Å². The zero-order valence-electron chi connectivity index (χ0n) is 8.93. The molecule has 0 fully saturated rings. The van der Waals surface area contributed by atoms with Crippen molar-refractivity contribution in [1.29, 1.82) is 0 Å². The van der Waals surface area contributed by atoms with Crippen LogP contribution in [0.5, 0.6) is 5.75 Å². The zero-order valence-corrected chi connectivity index (χ0v) is 8.93. The van der Waals surface area contributed by atoms with Crippen LogP contribution in [-0.4, -0.2) is 12.3 Å². The Bertz CT molecular complexity index is 653. The number of ether oxygens (including phenoxy) is 1. The number of aldehydes is 1. The normalized spacial score (nSPS) is 10.2. The molecule has 0 N–H and O–H groups in total.